The maximum Gasteiger partial charge on any atom is 0.246 e. The number of aryl methyl sites for hydroxylation is 1. The van der Waals surface area contributed by atoms with Crippen LogP contribution in [0, 0.1) is 12.8 Å². The van der Waals surface area contributed by atoms with E-state index in [0.29, 0.717) is 30.7 Å². The minimum absolute atomic E-state index is 0.265. The van der Waals surface area contributed by atoms with Gasteiger partial charge in [0.2, 0.25) is 10.0 Å². The van der Waals surface area contributed by atoms with Gasteiger partial charge in [-0.2, -0.15) is 0 Å². The summed E-state index contributed by atoms with van der Waals surface area (Å²) in [6.07, 6.45) is 0. The van der Waals surface area contributed by atoms with Gasteiger partial charge in [0.05, 0.1) is 6.54 Å². The fourth-order valence-corrected chi connectivity index (χ4v) is 3.47. The summed E-state index contributed by atoms with van der Waals surface area (Å²) in [6, 6.07) is 1.95. The van der Waals surface area contributed by atoms with E-state index in [1.165, 1.54) is 4.31 Å². The zero-order valence-corrected chi connectivity index (χ0v) is 14.0. The topological polar surface area (TPSA) is 62.6 Å². The van der Waals surface area contributed by atoms with Crippen molar-refractivity contribution in [2.45, 2.75) is 52.1 Å². The molecule has 0 fully saturated rings. The smallest absolute Gasteiger partial charge is 0.246 e. The zero-order valence-electron chi connectivity index (χ0n) is 13.2. The van der Waals surface area contributed by atoms with Crippen LogP contribution in [0.1, 0.15) is 39.2 Å². The monoisotopic (exact) mass is 302 g/mol. The Balaban J connectivity index is 2.95. The van der Waals surface area contributed by atoms with Gasteiger partial charge in [-0.3, -0.25) is 0 Å². The lowest BCUT2D eigenvalue weighted by Crippen LogP contribution is -2.30. The lowest BCUT2D eigenvalue weighted by atomic mass is 10.2. The van der Waals surface area contributed by atoms with Crippen molar-refractivity contribution in [3.8, 4) is 0 Å². The average Bonchev–Trinajstić information content (AvgIpc) is 2.67. The molecule has 0 aromatic carbocycles. The van der Waals surface area contributed by atoms with Crippen molar-refractivity contribution < 1.29 is 12.8 Å². The van der Waals surface area contributed by atoms with Gasteiger partial charge in [0.1, 0.15) is 16.4 Å². The van der Waals surface area contributed by atoms with E-state index in [0.717, 1.165) is 0 Å². The third-order valence-corrected chi connectivity index (χ3v) is 4.85. The number of nitrogens with one attached hydrogen (secondary N) is 1. The van der Waals surface area contributed by atoms with Gasteiger partial charge in [-0.15, -0.1) is 0 Å². The largest absolute Gasteiger partial charge is 0.464 e. The fourth-order valence-electron chi connectivity index (χ4n) is 1.95. The van der Waals surface area contributed by atoms with Crippen LogP contribution < -0.4 is 5.32 Å². The molecule has 0 spiro atoms. The summed E-state index contributed by atoms with van der Waals surface area (Å²) < 4.78 is 31.9. The third kappa shape index (κ3) is 4.33. The molecule has 6 heteroatoms. The predicted octanol–water partition coefficient (Wildman–Crippen LogP) is 2.36. The summed E-state index contributed by atoms with van der Waals surface area (Å²) in [5, 5.41) is 3.21. The van der Waals surface area contributed by atoms with Crippen LogP contribution in [0.4, 0.5) is 0 Å². The molecule has 1 aromatic rings. The number of sulfonamides is 1. The van der Waals surface area contributed by atoms with Crippen LogP contribution in [0.2, 0.25) is 0 Å². The Morgan fingerprint density at radius 3 is 2.40 bits per heavy atom. The third-order valence-electron chi connectivity index (χ3n) is 2.92. The lowest BCUT2D eigenvalue weighted by molar-refractivity contribution is 0.413. The number of hydrogen-bond donors (Lipinski definition) is 1. The van der Waals surface area contributed by atoms with E-state index >= 15 is 0 Å². The van der Waals surface area contributed by atoms with Crippen LogP contribution in [-0.2, 0) is 16.6 Å². The summed E-state index contributed by atoms with van der Waals surface area (Å²) in [5.74, 6) is 1.37. The van der Waals surface area contributed by atoms with E-state index in [2.05, 4.69) is 5.32 Å². The van der Waals surface area contributed by atoms with Crippen LogP contribution in [0.5, 0.6) is 0 Å². The predicted molar refractivity (Wildman–Crippen MR) is 80.1 cm³/mol. The molecule has 5 nitrogen and oxygen atoms in total. The first kappa shape index (κ1) is 17.2. The molecule has 1 rings (SSSR count). The molecule has 0 unspecified atom stereocenters. The number of rotatable bonds is 7. The Labute approximate surface area is 122 Å². The maximum atomic E-state index is 12.5. The molecule has 1 N–H and O–H groups in total. The van der Waals surface area contributed by atoms with Crippen LogP contribution in [0.25, 0.3) is 0 Å². The standard InChI is InChI=1S/C14H26N2O3S/c1-10(2)9-16(6)20(17,18)14-7-13(19-12(14)5)8-15-11(3)4/h7,10-11,15H,8-9H2,1-6H3. The minimum atomic E-state index is -3.47. The fraction of sp³-hybridized carbons (Fsp3) is 0.714. The second-order valence-corrected chi connectivity index (χ2v) is 7.86. The molecule has 0 saturated carbocycles. The van der Waals surface area contributed by atoms with Gasteiger partial charge >= 0.3 is 0 Å². The Hall–Kier alpha value is -0.850. The first-order chi connectivity index (χ1) is 9.14. The summed E-state index contributed by atoms with van der Waals surface area (Å²) in [4.78, 5) is 0.265. The minimum Gasteiger partial charge on any atom is -0.464 e. The van der Waals surface area contributed by atoms with Crippen molar-refractivity contribution in [1.82, 2.24) is 9.62 Å². The molecular formula is C14H26N2O3S. The van der Waals surface area contributed by atoms with Gasteiger partial charge in [0.15, 0.2) is 0 Å². The summed E-state index contributed by atoms with van der Waals surface area (Å²) >= 11 is 0. The molecule has 0 aliphatic heterocycles. The molecule has 20 heavy (non-hydrogen) atoms. The molecule has 116 valence electrons. The first-order valence-electron chi connectivity index (χ1n) is 6.93. The highest BCUT2D eigenvalue weighted by molar-refractivity contribution is 7.89. The molecule has 1 aromatic heterocycles. The van der Waals surface area contributed by atoms with Gasteiger partial charge in [-0.25, -0.2) is 12.7 Å². The van der Waals surface area contributed by atoms with E-state index in [1.807, 2.05) is 27.7 Å². The summed E-state index contributed by atoms with van der Waals surface area (Å²) in [5.41, 5.74) is 0. The molecule has 0 atom stereocenters. The first-order valence-corrected chi connectivity index (χ1v) is 8.37. The van der Waals surface area contributed by atoms with Crippen molar-refractivity contribution in [2.75, 3.05) is 13.6 Å². The molecular weight excluding hydrogens is 276 g/mol. The van der Waals surface area contributed by atoms with Crippen LogP contribution in [0.3, 0.4) is 0 Å². The Morgan fingerprint density at radius 1 is 1.30 bits per heavy atom. The van der Waals surface area contributed by atoms with Gasteiger partial charge in [-0.1, -0.05) is 27.7 Å². The maximum absolute atomic E-state index is 12.5. The summed E-state index contributed by atoms with van der Waals surface area (Å²) in [7, 11) is -1.87. The second kappa shape index (κ2) is 6.74. The quantitative estimate of drug-likeness (QED) is 0.840. The van der Waals surface area contributed by atoms with E-state index in [-0.39, 0.29) is 10.8 Å². The van der Waals surface area contributed by atoms with Gasteiger partial charge in [-0.05, 0) is 12.8 Å². The Kier molecular flexibility index (Phi) is 5.79. The van der Waals surface area contributed by atoms with E-state index in [1.54, 1.807) is 20.0 Å². The van der Waals surface area contributed by atoms with E-state index in [9.17, 15) is 8.42 Å². The van der Waals surface area contributed by atoms with Gasteiger partial charge < -0.3 is 9.73 Å². The summed E-state index contributed by atoms with van der Waals surface area (Å²) in [6.45, 7) is 10.8. The van der Waals surface area contributed by atoms with E-state index < -0.39 is 10.0 Å². The number of hydrogen-bond acceptors (Lipinski definition) is 4. The van der Waals surface area contributed by atoms with Crippen molar-refractivity contribution in [2.24, 2.45) is 5.92 Å². The highest BCUT2D eigenvalue weighted by Crippen LogP contribution is 2.23. The second-order valence-electron chi connectivity index (χ2n) is 5.85. The van der Waals surface area contributed by atoms with Gasteiger partial charge in [0, 0.05) is 25.7 Å². The van der Waals surface area contributed by atoms with E-state index in [4.69, 9.17) is 4.42 Å². The van der Waals surface area contributed by atoms with Crippen LogP contribution >= 0.6 is 0 Å². The van der Waals surface area contributed by atoms with Crippen molar-refractivity contribution in [3.63, 3.8) is 0 Å². The molecule has 0 aliphatic rings. The Morgan fingerprint density at radius 2 is 1.90 bits per heavy atom. The molecule has 0 bridgehead atoms. The average molecular weight is 302 g/mol. The Bertz CT molecular complexity index is 533. The SMILES string of the molecule is Cc1oc(CNC(C)C)cc1S(=O)(=O)N(C)CC(C)C. The molecule has 0 radical (unpaired) electrons. The number of furan rings is 1. The highest BCUT2D eigenvalue weighted by Gasteiger charge is 2.26. The number of nitrogens with zero attached hydrogens (tertiary/aromatic N) is 1. The van der Waals surface area contributed by atoms with Crippen molar-refractivity contribution in [1.29, 1.82) is 0 Å². The molecule has 0 aliphatic carbocycles. The van der Waals surface area contributed by atoms with Crippen molar-refractivity contribution >= 4 is 10.0 Å². The molecule has 0 saturated heterocycles. The van der Waals surface area contributed by atoms with Crippen LogP contribution in [-0.4, -0.2) is 32.4 Å². The normalized spacial score (nSPS) is 12.8. The molecule has 0 amide bonds. The lowest BCUT2D eigenvalue weighted by Gasteiger charge is -2.18. The highest BCUT2D eigenvalue weighted by atomic mass is 32.2. The zero-order chi connectivity index (χ0) is 15.5. The molecule has 1 heterocycles. The van der Waals surface area contributed by atoms with Crippen molar-refractivity contribution in [3.05, 3.63) is 17.6 Å². The van der Waals surface area contributed by atoms with Gasteiger partial charge in [0.25, 0.3) is 0 Å². The van der Waals surface area contributed by atoms with Crippen LogP contribution in [0.15, 0.2) is 15.4 Å².